The Kier molecular flexibility index (Phi) is 4.78. The minimum Gasteiger partial charge on any atom is -0.395 e. The van der Waals surface area contributed by atoms with Gasteiger partial charge in [-0.15, -0.1) is 11.3 Å². The van der Waals surface area contributed by atoms with Crippen LogP contribution in [0.3, 0.4) is 0 Å². The van der Waals surface area contributed by atoms with E-state index in [4.69, 9.17) is 5.73 Å². The van der Waals surface area contributed by atoms with Gasteiger partial charge in [0.2, 0.25) is 0 Å². The molecular weight excluding hydrogens is 244 g/mol. The Bertz CT molecular complexity index is 378. The number of nitrogens with zero attached hydrogens (tertiary/aromatic N) is 1. The zero-order valence-corrected chi connectivity index (χ0v) is 12.1. The van der Waals surface area contributed by atoms with E-state index in [-0.39, 0.29) is 24.7 Å². The smallest absolute Gasteiger partial charge is 0.0594 e. The number of nitrogens with two attached hydrogens (primary N) is 1. The Labute approximate surface area is 114 Å². The number of rotatable bonds is 4. The normalized spacial score (nSPS) is 25.0. The molecule has 1 fully saturated rings. The number of thiophene rings is 1. The van der Waals surface area contributed by atoms with Crippen molar-refractivity contribution in [2.75, 3.05) is 13.2 Å². The van der Waals surface area contributed by atoms with E-state index in [0.717, 1.165) is 13.0 Å². The Balaban J connectivity index is 2.23. The number of hydrogen-bond acceptors (Lipinski definition) is 4. The molecule has 4 heteroatoms. The van der Waals surface area contributed by atoms with Crippen molar-refractivity contribution >= 4 is 11.3 Å². The first-order valence-electron chi connectivity index (χ1n) is 6.82. The van der Waals surface area contributed by atoms with Crippen molar-refractivity contribution in [3.63, 3.8) is 0 Å². The predicted octanol–water partition coefficient (Wildman–Crippen LogP) is 2.29. The van der Waals surface area contributed by atoms with E-state index in [1.807, 2.05) is 11.3 Å². The number of hydrogen-bond donors (Lipinski definition) is 2. The largest absolute Gasteiger partial charge is 0.395 e. The maximum absolute atomic E-state index is 9.57. The first-order chi connectivity index (χ1) is 8.63. The monoisotopic (exact) mass is 268 g/mol. The molecule has 3 N–H and O–H groups in total. The lowest BCUT2D eigenvalue weighted by Crippen LogP contribution is -2.48. The topological polar surface area (TPSA) is 49.5 Å². The number of piperidine rings is 1. The standard InChI is InChI=1S/C14H24N2OS/c1-10-6-7-13(18-10)14(11(2)15)16-8-4-3-5-12(16)9-17/h6-7,11-12,14,17H,3-5,8-9,15H2,1-2H3. The van der Waals surface area contributed by atoms with Crippen molar-refractivity contribution in [2.24, 2.45) is 5.73 Å². The van der Waals surface area contributed by atoms with Gasteiger partial charge in [-0.05, 0) is 45.4 Å². The zero-order chi connectivity index (χ0) is 13.1. The van der Waals surface area contributed by atoms with E-state index in [1.165, 1.54) is 22.6 Å². The van der Waals surface area contributed by atoms with Gasteiger partial charge in [0.05, 0.1) is 12.6 Å². The van der Waals surface area contributed by atoms with E-state index in [9.17, 15) is 5.11 Å². The molecule has 18 heavy (non-hydrogen) atoms. The third-order valence-electron chi connectivity index (χ3n) is 3.79. The van der Waals surface area contributed by atoms with Gasteiger partial charge in [0, 0.05) is 21.8 Å². The minimum absolute atomic E-state index is 0.0928. The molecule has 0 bridgehead atoms. The zero-order valence-electron chi connectivity index (χ0n) is 11.3. The van der Waals surface area contributed by atoms with Gasteiger partial charge in [-0.1, -0.05) is 6.42 Å². The van der Waals surface area contributed by atoms with Crippen LogP contribution in [0.15, 0.2) is 12.1 Å². The Morgan fingerprint density at radius 2 is 2.28 bits per heavy atom. The fourth-order valence-corrected chi connectivity index (χ4v) is 4.04. The number of aliphatic hydroxyl groups excluding tert-OH is 1. The number of aliphatic hydroxyl groups is 1. The average Bonchev–Trinajstić information content (AvgIpc) is 2.76. The van der Waals surface area contributed by atoms with E-state index in [0.29, 0.717) is 0 Å². The van der Waals surface area contributed by atoms with Gasteiger partial charge in [0.25, 0.3) is 0 Å². The van der Waals surface area contributed by atoms with Crippen LogP contribution in [0.1, 0.15) is 42.0 Å². The number of aryl methyl sites for hydroxylation is 1. The first kappa shape index (κ1) is 14.0. The second-order valence-electron chi connectivity index (χ2n) is 5.32. The molecule has 0 spiro atoms. The van der Waals surface area contributed by atoms with Gasteiger partial charge in [-0.3, -0.25) is 4.90 Å². The van der Waals surface area contributed by atoms with Gasteiger partial charge in [-0.2, -0.15) is 0 Å². The van der Waals surface area contributed by atoms with E-state index in [2.05, 4.69) is 30.9 Å². The van der Waals surface area contributed by atoms with E-state index in [1.54, 1.807) is 0 Å². The third kappa shape index (κ3) is 2.94. The van der Waals surface area contributed by atoms with Crippen molar-refractivity contribution in [2.45, 2.75) is 51.2 Å². The molecule has 0 aromatic carbocycles. The van der Waals surface area contributed by atoms with Crippen molar-refractivity contribution in [1.29, 1.82) is 0 Å². The maximum atomic E-state index is 9.57. The third-order valence-corrected chi connectivity index (χ3v) is 4.86. The Morgan fingerprint density at radius 1 is 1.50 bits per heavy atom. The highest BCUT2D eigenvalue weighted by Crippen LogP contribution is 2.34. The molecule has 2 heterocycles. The summed E-state index contributed by atoms with van der Waals surface area (Å²) in [5, 5.41) is 9.57. The van der Waals surface area contributed by atoms with Crippen LogP contribution in [-0.4, -0.2) is 35.2 Å². The number of likely N-dealkylation sites (tertiary alicyclic amines) is 1. The van der Waals surface area contributed by atoms with Gasteiger partial charge in [-0.25, -0.2) is 0 Å². The van der Waals surface area contributed by atoms with Crippen molar-refractivity contribution < 1.29 is 5.11 Å². The molecule has 3 atom stereocenters. The quantitative estimate of drug-likeness (QED) is 0.881. The Morgan fingerprint density at radius 3 is 2.83 bits per heavy atom. The summed E-state index contributed by atoms with van der Waals surface area (Å²) in [7, 11) is 0. The summed E-state index contributed by atoms with van der Waals surface area (Å²) in [4.78, 5) is 5.08. The molecule has 0 radical (unpaired) electrons. The van der Waals surface area contributed by atoms with Crippen LogP contribution in [0.5, 0.6) is 0 Å². The molecule has 0 amide bonds. The maximum Gasteiger partial charge on any atom is 0.0594 e. The Hall–Kier alpha value is -0.420. The van der Waals surface area contributed by atoms with E-state index < -0.39 is 0 Å². The SMILES string of the molecule is Cc1ccc(C(C(C)N)N2CCCCC2CO)s1. The molecule has 3 nitrogen and oxygen atoms in total. The summed E-state index contributed by atoms with van der Waals surface area (Å²) in [6, 6.07) is 4.97. The summed E-state index contributed by atoms with van der Waals surface area (Å²) < 4.78 is 0. The van der Waals surface area contributed by atoms with Crippen LogP contribution in [0, 0.1) is 6.92 Å². The first-order valence-corrected chi connectivity index (χ1v) is 7.63. The lowest BCUT2D eigenvalue weighted by molar-refractivity contribution is 0.0457. The highest BCUT2D eigenvalue weighted by Gasteiger charge is 2.32. The van der Waals surface area contributed by atoms with Crippen LogP contribution < -0.4 is 5.73 Å². The predicted molar refractivity (Wildman–Crippen MR) is 76.9 cm³/mol. The van der Waals surface area contributed by atoms with Crippen molar-refractivity contribution in [1.82, 2.24) is 4.90 Å². The molecular formula is C14H24N2OS. The van der Waals surface area contributed by atoms with Gasteiger partial charge in [0.15, 0.2) is 0 Å². The molecule has 3 unspecified atom stereocenters. The van der Waals surface area contributed by atoms with Gasteiger partial charge >= 0.3 is 0 Å². The van der Waals surface area contributed by atoms with Crippen LogP contribution in [-0.2, 0) is 0 Å². The molecule has 1 aliphatic heterocycles. The molecule has 0 aliphatic carbocycles. The lowest BCUT2D eigenvalue weighted by Gasteiger charge is -2.41. The minimum atomic E-state index is 0.0928. The molecule has 102 valence electrons. The summed E-state index contributed by atoms with van der Waals surface area (Å²) in [5.74, 6) is 0. The molecule has 1 aliphatic rings. The summed E-state index contributed by atoms with van der Waals surface area (Å²) in [6.07, 6.45) is 3.52. The second kappa shape index (κ2) is 6.15. The highest BCUT2D eigenvalue weighted by molar-refractivity contribution is 7.12. The van der Waals surface area contributed by atoms with Crippen molar-refractivity contribution in [3.8, 4) is 0 Å². The molecule has 1 aromatic heterocycles. The second-order valence-corrected chi connectivity index (χ2v) is 6.64. The van der Waals surface area contributed by atoms with E-state index >= 15 is 0 Å². The van der Waals surface area contributed by atoms with Crippen LogP contribution in [0.25, 0.3) is 0 Å². The molecule has 2 rings (SSSR count). The summed E-state index contributed by atoms with van der Waals surface area (Å²) in [6.45, 7) is 5.50. The molecule has 1 aromatic rings. The van der Waals surface area contributed by atoms with Crippen LogP contribution >= 0.6 is 11.3 Å². The lowest BCUT2D eigenvalue weighted by atomic mass is 9.97. The summed E-state index contributed by atoms with van der Waals surface area (Å²) >= 11 is 1.83. The van der Waals surface area contributed by atoms with Crippen molar-refractivity contribution in [3.05, 3.63) is 21.9 Å². The molecule has 1 saturated heterocycles. The fraction of sp³-hybridized carbons (Fsp3) is 0.714. The van der Waals surface area contributed by atoms with Crippen LogP contribution in [0.2, 0.25) is 0 Å². The molecule has 0 saturated carbocycles. The summed E-state index contributed by atoms with van der Waals surface area (Å²) in [5.41, 5.74) is 6.21. The average molecular weight is 268 g/mol. The van der Waals surface area contributed by atoms with Gasteiger partial charge in [0.1, 0.15) is 0 Å². The highest BCUT2D eigenvalue weighted by atomic mass is 32.1. The van der Waals surface area contributed by atoms with Gasteiger partial charge < -0.3 is 10.8 Å². The van der Waals surface area contributed by atoms with Crippen LogP contribution in [0.4, 0.5) is 0 Å². The fourth-order valence-electron chi connectivity index (χ4n) is 2.92.